The highest BCUT2D eigenvalue weighted by molar-refractivity contribution is 5.64. The highest BCUT2D eigenvalue weighted by Crippen LogP contribution is 2.16. The van der Waals surface area contributed by atoms with Crippen LogP contribution >= 0.6 is 0 Å². The molecule has 0 aromatic heterocycles. The molecular weight excluding hydrogens is 173 g/mol. The zero-order valence-corrected chi connectivity index (χ0v) is 7.16. The topological polar surface area (TPSA) is 52.3 Å². The van der Waals surface area contributed by atoms with Crippen molar-refractivity contribution in [2.45, 2.75) is 13.0 Å². The van der Waals surface area contributed by atoms with Gasteiger partial charge in [-0.15, -0.1) is 0 Å². The van der Waals surface area contributed by atoms with Crippen LogP contribution in [0.1, 0.15) is 18.6 Å². The highest BCUT2D eigenvalue weighted by atomic mass is 19.1. The van der Waals surface area contributed by atoms with Crippen LogP contribution < -0.4 is 5.73 Å². The van der Waals surface area contributed by atoms with Gasteiger partial charge in [-0.25, -0.2) is 9.18 Å². The number of amides is 1. The van der Waals surface area contributed by atoms with Crippen LogP contribution in [0.5, 0.6) is 0 Å². The first-order valence-corrected chi connectivity index (χ1v) is 3.81. The normalized spacial score (nSPS) is 12.2. The fraction of sp³-hybridized carbons (Fsp3) is 0.222. The van der Waals surface area contributed by atoms with Crippen molar-refractivity contribution in [1.29, 1.82) is 0 Å². The van der Waals surface area contributed by atoms with E-state index in [4.69, 9.17) is 10.5 Å². The van der Waals surface area contributed by atoms with Gasteiger partial charge in [0.1, 0.15) is 11.9 Å². The van der Waals surface area contributed by atoms with Gasteiger partial charge in [-0.1, -0.05) is 12.1 Å². The largest absolute Gasteiger partial charge is 0.442 e. The van der Waals surface area contributed by atoms with Gasteiger partial charge >= 0.3 is 6.09 Å². The third-order valence-corrected chi connectivity index (χ3v) is 1.63. The van der Waals surface area contributed by atoms with E-state index in [9.17, 15) is 9.18 Å². The predicted molar refractivity (Wildman–Crippen MR) is 45.5 cm³/mol. The lowest BCUT2D eigenvalue weighted by molar-refractivity contribution is 0.116. The molecule has 0 aliphatic heterocycles. The maximum atomic E-state index is 12.5. The molecule has 1 aromatic rings. The summed E-state index contributed by atoms with van der Waals surface area (Å²) in [6, 6.07) is 5.69. The zero-order valence-electron chi connectivity index (χ0n) is 7.16. The van der Waals surface area contributed by atoms with Crippen molar-refractivity contribution < 1.29 is 13.9 Å². The Kier molecular flexibility index (Phi) is 2.84. The van der Waals surface area contributed by atoms with E-state index in [1.54, 1.807) is 19.1 Å². The van der Waals surface area contributed by atoms with E-state index in [0.29, 0.717) is 5.56 Å². The predicted octanol–water partition coefficient (Wildman–Crippen LogP) is 1.98. The van der Waals surface area contributed by atoms with Crippen molar-refractivity contribution in [2.24, 2.45) is 5.73 Å². The second kappa shape index (κ2) is 3.89. The van der Waals surface area contributed by atoms with Crippen LogP contribution in [0.4, 0.5) is 9.18 Å². The van der Waals surface area contributed by atoms with Crippen molar-refractivity contribution in [1.82, 2.24) is 0 Å². The van der Waals surface area contributed by atoms with Crippen LogP contribution in [-0.4, -0.2) is 6.09 Å². The summed E-state index contributed by atoms with van der Waals surface area (Å²) in [4.78, 5) is 10.4. The van der Waals surface area contributed by atoms with Gasteiger partial charge in [0.15, 0.2) is 0 Å². The summed E-state index contributed by atoms with van der Waals surface area (Å²) in [6.07, 6.45) is -1.28. The lowest BCUT2D eigenvalue weighted by Crippen LogP contribution is -2.15. The summed E-state index contributed by atoms with van der Waals surface area (Å²) in [5.41, 5.74) is 5.53. The summed E-state index contributed by atoms with van der Waals surface area (Å²) >= 11 is 0. The average Bonchev–Trinajstić information content (AvgIpc) is 2.04. The second-order valence-electron chi connectivity index (χ2n) is 2.63. The van der Waals surface area contributed by atoms with E-state index < -0.39 is 12.2 Å². The maximum Gasteiger partial charge on any atom is 0.405 e. The monoisotopic (exact) mass is 183 g/mol. The first-order valence-electron chi connectivity index (χ1n) is 3.81. The Morgan fingerprint density at radius 1 is 1.46 bits per heavy atom. The molecule has 0 aliphatic rings. The molecule has 1 rings (SSSR count). The molecule has 70 valence electrons. The first kappa shape index (κ1) is 9.51. The molecule has 0 saturated heterocycles. The standard InChI is InChI=1S/C9H10FNO2/c1-6(13-9(11)12)7-2-4-8(10)5-3-7/h2-6H,1H3,(H2,11,12). The second-order valence-corrected chi connectivity index (χ2v) is 2.63. The Hall–Kier alpha value is -1.58. The summed E-state index contributed by atoms with van der Waals surface area (Å²) in [5, 5.41) is 0. The third-order valence-electron chi connectivity index (χ3n) is 1.63. The average molecular weight is 183 g/mol. The van der Waals surface area contributed by atoms with Crippen molar-refractivity contribution in [3.63, 3.8) is 0 Å². The molecule has 0 radical (unpaired) electrons. The molecule has 0 aliphatic carbocycles. The van der Waals surface area contributed by atoms with Gasteiger partial charge in [-0.2, -0.15) is 0 Å². The first-order chi connectivity index (χ1) is 6.09. The lowest BCUT2D eigenvalue weighted by Gasteiger charge is -2.10. The van der Waals surface area contributed by atoms with E-state index >= 15 is 0 Å². The Balaban J connectivity index is 2.71. The van der Waals surface area contributed by atoms with Crippen LogP contribution in [0.25, 0.3) is 0 Å². The molecule has 4 heteroatoms. The van der Waals surface area contributed by atoms with Gasteiger partial charge in [0.25, 0.3) is 0 Å². The molecule has 2 N–H and O–H groups in total. The Labute approximate surface area is 75.3 Å². The highest BCUT2D eigenvalue weighted by Gasteiger charge is 2.08. The van der Waals surface area contributed by atoms with Gasteiger partial charge in [0.05, 0.1) is 0 Å². The number of rotatable bonds is 2. The van der Waals surface area contributed by atoms with Crippen LogP contribution in [0.2, 0.25) is 0 Å². The van der Waals surface area contributed by atoms with E-state index in [2.05, 4.69) is 0 Å². The number of ether oxygens (including phenoxy) is 1. The molecule has 1 amide bonds. The summed E-state index contributed by atoms with van der Waals surface area (Å²) in [6.45, 7) is 1.66. The van der Waals surface area contributed by atoms with Gasteiger partial charge in [-0.05, 0) is 24.6 Å². The zero-order chi connectivity index (χ0) is 9.84. The third kappa shape index (κ3) is 2.74. The summed E-state index contributed by atoms with van der Waals surface area (Å²) < 4.78 is 17.2. The number of hydrogen-bond donors (Lipinski definition) is 1. The molecule has 1 atom stereocenters. The van der Waals surface area contributed by atoms with Crippen molar-refractivity contribution in [2.75, 3.05) is 0 Å². The molecule has 1 aromatic carbocycles. The SMILES string of the molecule is CC(OC(N)=O)c1ccc(F)cc1. The van der Waals surface area contributed by atoms with Crippen LogP contribution in [0, 0.1) is 5.82 Å². The van der Waals surface area contributed by atoms with Crippen molar-refractivity contribution in [3.05, 3.63) is 35.6 Å². The minimum Gasteiger partial charge on any atom is -0.442 e. The molecule has 13 heavy (non-hydrogen) atoms. The van der Waals surface area contributed by atoms with E-state index in [0.717, 1.165) is 0 Å². The van der Waals surface area contributed by atoms with Crippen LogP contribution in [0.3, 0.4) is 0 Å². The maximum absolute atomic E-state index is 12.5. The van der Waals surface area contributed by atoms with Gasteiger partial charge < -0.3 is 10.5 Å². The Bertz CT molecular complexity index is 297. The smallest absolute Gasteiger partial charge is 0.405 e. The number of carbonyl (C=O) groups excluding carboxylic acids is 1. The van der Waals surface area contributed by atoms with Crippen molar-refractivity contribution >= 4 is 6.09 Å². The van der Waals surface area contributed by atoms with E-state index in [1.807, 2.05) is 0 Å². The summed E-state index contributed by atoms with van der Waals surface area (Å²) in [7, 11) is 0. The molecule has 1 unspecified atom stereocenters. The number of nitrogens with two attached hydrogens (primary N) is 1. The molecule has 0 spiro atoms. The minimum absolute atomic E-state index is 0.324. The Morgan fingerprint density at radius 2 is 2.00 bits per heavy atom. The number of hydrogen-bond acceptors (Lipinski definition) is 2. The van der Waals surface area contributed by atoms with Gasteiger partial charge in [0, 0.05) is 0 Å². The van der Waals surface area contributed by atoms with Crippen LogP contribution in [-0.2, 0) is 4.74 Å². The fourth-order valence-corrected chi connectivity index (χ4v) is 0.976. The lowest BCUT2D eigenvalue weighted by atomic mass is 10.1. The van der Waals surface area contributed by atoms with Gasteiger partial charge in [0.2, 0.25) is 0 Å². The van der Waals surface area contributed by atoms with Crippen LogP contribution in [0.15, 0.2) is 24.3 Å². The molecule has 0 bridgehead atoms. The molecule has 3 nitrogen and oxygen atoms in total. The summed E-state index contributed by atoms with van der Waals surface area (Å²) in [5.74, 6) is -0.324. The quantitative estimate of drug-likeness (QED) is 0.762. The van der Waals surface area contributed by atoms with E-state index in [1.165, 1.54) is 12.1 Å². The minimum atomic E-state index is -0.836. The fourth-order valence-electron chi connectivity index (χ4n) is 0.976. The van der Waals surface area contributed by atoms with Gasteiger partial charge in [-0.3, -0.25) is 0 Å². The number of halogens is 1. The molecule has 0 fully saturated rings. The van der Waals surface area contributed by atoms with E-state index in [-0.39, 0.29) is 5.82 Å². The molecular formula is C9H10FNO2. The van der Waals surface area contributed by atoms with Crippen molar-refractivity contribution in [3.8, 4) is 0 Å². The number of primary amides is 1. The molecule has 0 heterocycles. The Morgan fingerprint density at radius 3 is 2.46 bits per heavy atom. The number of carbonyl (C=O) groups is 1. The number of benzene rings is 1. The molecule has 0 saturated carbocycles.